The van der Waals surface area contributed by atoms with E-state index >= 15 is 0 Å². The summed E-state index contributed by atoms with van der Waals surface area (Å²) in [6.45, 7) is 2.95. The van der Waals surface area contributed by atoms with Crippen LogP contribution in [0.4, 0.5) is 0 Å². The molecule has 0 bridgehead atoms. The summed E-state index contributed by atoms with van der Waals surface area (Å²) in [6, 6.07) is 9.14. The lowest BCUT2D eigenvalue weighted by Crippen LogP contribution is -2.37. The van der Waals surface area contributed by atoms with Crippen molar-refractivity contribution in [2.24, 2.45) is 14.1 Å². The van der Waals surface area contributed by atoms with Gasteiger partial charge < -0.3 is 9.47 Å². The highest BCUT2D eigenvalue weighted by Crippen LogP contribution is 2.09. The van der Waals surface area contributed by atoms with E-state index in [4.69, 9.17) is 5.26 Å². The van der Waals surface area contributed by atoms with Crippen LogP contribution in [-0.4, -0.2) is 26.5 Å². The number of hydrogen-bond acceptors (Lipinski definition) is 4. The molecule has 140 valence electrons. The first-order valence-corrected chi connectivity index (χ1v) is 8.60. The van der Waals surface area contributed by atoms with Crippen molar-refractivity contribution in [2.45, 2.75) is 19.9 Å². The third-order valence-corrected chi connectivity index (χ3v) is 4.14. The number of amides is 1. The summed E-state index contributed by atoms with van der Waals surface area (Å²) in [5, 5.41) is 8.87. The minimum atomic E-state index is -0.448. The normalized spacial score (nSPS) is 10.7. The molecule has 0 aliphatic carbocycles. The third kappa shape index (κ3) is 4.82. The SMILES string of the molecule is CCCN(Cc1ccc(C#N)cc1)C(=O)/C=C/c1cn(C)c(=O)n(C)c1=O. The number of nitriles is 1. The van der Waals surface area contributed by atoms with E-state index in [2.05, 4.69) is 6.07 Å². The van der Waals surface area contributed by atoms with Crippen LogP contribution in [0.5, 0.6) is 0 Å². The van der Waals surface area contributed by atoms with Gasteiger partial charge >= 0.3 is 5.69 Å². The van der Waals surface area contributed by atoms with Crippen LogP contribution in [0.15, 0.2) is 46.1 Å². The second kappa shape index (κ2) is 8.81. The molecule has 27 heavy (non-hydrogen) atoms. The molecule has 0 aliphatic heterocycles. The van der Waals surface area contributed by atoms with Crippen molar-refractivity contribution in [3.63, 3.8) is 0 Å². The zero-order valence-electron chi connectivity index (χ0n) is 15.7. The Balaban J connectivity index is 2.22. The molecule has 0 radical (unpaired) electrons. The van der Waals surface area contributed by atoms with Crippen LogP contribution in [0.25, 0.3) is 6.08 Å². The van der Waals surface area contributed by atoms with Crippen molar-refractivity contribution >= 4 is 12.0 Å². The van der Waals surface area contributed by atoms with Gasteiger partial charge in [-0.2, -0.15) is 5.26 Å². The molecule has 2 rings (SSSR count). The molecule has 0 atom stereocenters. The minimum Gasteiger partial charge on any atom is -0.335 e. The zero-order chi connectivity index (χ0) is 20.0. The standard InChI is InChI=1S/C20H22N4O3/c1-4-11-24(13-16-7-5-15(12-21)6-8-16)18(25)10-9-17-14-22(2)20(27)23(3)19(17)26/h5-10,14H,4,11,13H2,1-3H3/b10-9+. The van der Waals surface area contributed by atoms with Gasteiger partial charge in [-0.3, -0.25) is 14.2 Å². The quantitative estimate of drug-likeness (QED) is 0.723. The molecule has 2 aromatic rings. The predicted octanol–water partition coefficient (Wildman–Crippen LogP) is 1.41. The molecule has 7 nitrogen and oxygen atoms in total. The Morgan fingerprint density at radius 3 is 2.48 bits per heavy atom. The van der Waals surface area contributed by atoms with Gasteiger partial charge in [0.25, 0.3) is 5.56 Å². The Labute approximate surface area is 157 Å². The van der Waals surface area contributed by atoms with E-state index in [1.165, 1.54) is 30.0 Å². The lowest BCUT2D eigenvalue weighted by atomic mass is 10.1. The van der Waals surface area contributed by atoms with Gasteiger partial charge in [0.15, 0.2) is 0 Å². The minimum absolute atomic E-state index is 0.225. The monoisotopic (exact) mass is 366 g/mol. The maximum Gasteiger partial charge on any atom is 0.330 e. The molecule has 0 saturated carbocycles. The van der Waals surface area contributed by atoms with Gasteiger partial charge in [0, 0.05) is 39.5 Å². The van der Waals surface area contributed by atoms with Crippen LogP contribution in [0, 0.1) is 11.3 Å². The first-order chi connectivity index (χ1) is 12.9. The number of benzene rings is 1. The maximum atomic E-state index is 12.6. The summed E-state index contributed by atoms with van der Waals surface area (Å²) in [4.78, 5) is 38.1. The maximum absolute atomic E-state index is 12.6. The highest BCUT2D eigenvalue weighted by Gasteiger charge is 2.11. The van der Waals surface area contributed by atoms with Gasteiger partial charge in [0.05, 0.1) is 17.2 Å². The van der Waals surface area contributed by atoms with Crippen LogP contribution in [0.2, 0.25) is 0 Å². The van der Waals surface area contributed by atoms with E-state index in [0.717, 1.165) is 16.6 Å². The molecule has 1 aromatic carbocycles. The molecule has 1 heterocycles. The first kappa shape index (κ1) is 19.9. The molecule has 0 aliphatic rings. The number of carbonyl (C=O) groups is 1. The largest absolute Gasteiger partial charge is 0.335 e. The van der Waals surface area contributed by atoms with Crippen molar-refractivity contribution in [1.82, 2.24) is 14.0 Å². The predicted molar refractivity (Wildman–Crippen MR) is 103 cm³/mol. The summed E-state index contributed by atoms with van der Waals surface area (Å²) in [6.07, 6.45) is 4.99. The molecule has 0 fully saturated rings. The Morgan fingerprint density at radius 2 is 1.89 bits per heavy atom. The Kier molecular flexibility index (Phi) is 6.50. The molecule has 1 aromatic heterocycles. The van der Waals surface area contributed by atoms with Gasteiger partial charge in [-0.25, -0.2) is 4.79 Å². The van der Waals surface area contributed by atoms with Gasteiger partial charge in [-0.1, -0.05) is 19.1 Å². The van der Waals surface area contributed by atoms with Crippen molar-refractivity contribution in [3.05, 3.63) is 74.1 Å². The number of rotatable bonds is 6. The summed E-state index contributed by atoms with van der Waals surface area (Å²) >= 11 is 0. The molecule has 0 saturated heterocycles. The second-order valence-electron chi connectivity index (χ2n) is 6.24. The number of aryl methyl sites for hydroxylation is 1. The Hall–Kier alpha value is -3.40. The van der Waals surface area contributed by atoms with E-state index in [1.54, 1.807) is 24.1 Å². The summed E-state index contributed by atoms with van der Waals surface area (Å²) in [7, 11) is 2.95. The zero-order valence-corrected chi connectivity index (χ0v) is 15.7. The van der Waals surface area contributed by atoms with Crippen LogP contribution in [0.3, 0.4) is 0 Å². The Morgan fingerprint density at radius 1 is 1.22 bits per heavy atom. The van der Waals surface area contributed by atoms with Crippen LogP contribution >= 0.6 is 0 Å². The third-order valence-electron chi connectivity index (χ3n) is 4.14. The van der Waals surface area contributed by atoms with E-state index in [1.807, 2.05) is 19.1 Å². The second-order valence-corrected chi connectivity index (χ2v) is 6.24. The van der Waals surface area contributed by atoms with Crippen molar-refractivity contribution in [3.8, 4) is 6.07 Å². The van der Waals surface area contributed by atoms with Crippen LogP contribution in [-0.2, 0) is 25.4 Å². The van der Waals surface area contributed by atoms with Crippen molar-refractivity contribution in [1.29, 1.82) is 5.26 Å². The lowest BCUT2D eigenvalue weighted by Gasteiger charge is -2.20. The average Bonchev–Trinajstić information content (AvgIpc) is 2.68. The fraction of sp³-hybridized carbons (Fsp3) is 0.300. The number of hydrogen-bond donors (Lipinski definition) is 0. The average molecular weight is 366 g/mol. The van der Waals surface area contributed by atoms with Crippen molar-refractivity contribution < 1.29 is 4.79 Å². The highest BCUT2D eigenvalue weighted by molar-refractivity contribution is 5.91. The molecular formula is C20H22N4O3. The van der Waals surface area contributed by atoms with Gasteiger partial charge in [0.2, 0.25) is 5.91 Å². The van der Waals surface area contributed by atoms with Crippen LogP contribution < -0.4 is 11.2 Å². The molecular weight excluding hydrogens is 344 g/mol. The fourth-order valence-corrected chi connectivity index (χ4v) is 2.66. The summed E-state index contributed by atoms with van der Waals surface area (Å²) < 4.78 is 2.30. The van der Waals surface area contributed by atoms with E-state index in [0.29, 0.717) is 18.7 Å². The van der Waals surface area contributed by atoms with Gasteiger partial charge in [-0.05, 0) is 30.2 Å². The fourth-order valence-electron chi connectivity index (χ4n) is 2.66. The van der Waals surface area contributed by atoms with E-state index in [9.17, 15) is 14.4 Å². The molecule has 0 N–H and O–H groups in total. The molecule has 7 heteroatoms. The van der Waals surface area contributed by atoms with E-state index < -0.39 is 11.2 Å². The smallest absolute Gasteiger partial charge is 0.330 e. The topological polar surface area (TPSA) is 88.1 Å². The van der Waals surface area contributed by atoms with Gasteiger partial charge in [0.1, 0.15) is 0 Å². The number of nitrogens with zero attached hydrogens (tertiary/aromatic N) is 4. The Bertz CT molecular complexity index is 1010. The number of aromatic nitrogens is 2. The molecule has 0 unspecified atom stereocenters. The molecule has 1 amide bonds. The summed E-state index contributed by atoms with van der Waals surface area (Å²) in [5.74, 6) is -0.225. The highest BCUT2D eigenvalue weighted by atomic mass is 16.2. The lowest BCUT2D eigenvalue weighted by molar-refractivity contribution is -0.126. The first-order valence-electron chi connectivity index (χ1n) is 8.60. The van der Waals surface area contributed by atoms with E-state index in [-0.39, 0.29) is 11.5 Å². The van der Waals surface area contributed by atoms with Crippen molar-refractivity contribution in [2.75, 3.05) is 6.54 Å². The number of carbonyl (C=O) groups excluding carboxylic acids is 1. The van der Waals surface area contributed by atoms with Gasteiger partial charge in [-0.15, -0.1) is 0 Å². The van der Waals surface area contributed by atoms with Crippen LogP contribution in [0.1, 0.15) is 30.0 Å². The molecule has 0 spiro atoms. The summed E-state index contributed by atoms with van der Waals surface area (Å²) in [5.41, 5.74) is 0.885.